The molecule has 0 saturated carbocycles. The number of rotatable bonds is 2. The van der Waals surface area contributed by atoms with Crippen molar-refractivity contribution in [2.75, 3.05) is 11.9 Å². The van der Waals surface area contributed by atoms with Gasteiger partial charge in [0.15, 0.2) is 0 Å². The lowest BCUT2D eigenvalue weighted by molar-refractivity contribution is 0.207. The number of halogens is 2. The fraction of sp³-hybridized carbons (Fsp3) is 0.278. The number of hydrogen-bond donors (Lipinski definition) is 1. The predicted octanol–water partition coefficient (Wildman–Crippen LogP) is 5.27. The number of nitrogens with zero attached hydrogens (tertiary/aromatic N) is 1. The van der Waals surface area contributed by atoms with Crippen molar-refractivity contribution in [1.29, 1.82) is 0 Å². The van der Waals surface area contributed by atoms with E-state index in [0.29, 0.717) is 11.0 Å². The molecule has 1 fully saturated rings. The van der Waals surface area contributed by atoms with Gasteiger partial charge in [-0.2, -0.15) is 0 Å². The maximum atomic E-state index is 13.9. The number of aryl methyl sites for hydroxylation is 1. The van der Waals surface area contributed by atoms with Crippen molar-refractivity contribution >= 4 is 27.6 Å². The van der Waals surface area contributed by atoms with Gasteiger partial charge in [-0.15, -0.1) is 0 Å². The highest BCUT2D eigenvalue weighted by Gasteiger charge is 2.30. The monoisotopic (exact) mass is 376 g/mol. The maximum absolute atomic E-state index is 13.9. The van der Waals surface area contributed by atoms with Crippen molar-refractivity contribution in [3.05, 3.63) is 63.9 Å². The molecule has 2 aromatic rings. The summed E-state index contributed by atoms with van der Waals surface area (Å²) >= 11 is 3.21. The second kappa shape index (κ2) is 6.71. The Labute approximate surface area is 143 Å². The van der Waals surface area contributed by atoms with Crippen LogP contribution in [0.2, 0.25) is 0 Å². The summed E-state index contributed by atoms with van der Waals surface area (Å²) in [6, 6.07) is 12.6. The van der Waals surface area contributed by atoms with Crippen LogP contribution in [-0.4, -0.2) is 17.5 Å². The van der Waals surface area contributed by atoms with E-state index in [-0.39, 0.29) is 17.8 Å². The molecule has 3 nitrogen and oxygen atoms in total. The van der Waals surface area contributed by atoms with E-state index in [9.17, 15) is 9.18 Å². The molecule has 1 atom stereocenters. The van der Waals surface area contributed by atoms with Crippen molar-refractivity contribution in [1.82, 2.24) is 4.90 Å². The molecule has 1 aliphatic heterocycles. The van der Waals surface area contributed by atoms with Gasteiger partial charge < -0.3 is 10.2 Å². The number of benzene rings is 2. The number of amides is 2. The van der Waals surface area contributed by atoms with Crippen molar-refractivity contribution in [2.45, 2.75) is 25.8 Å². The van der Waals surface area contributed by atoms with E-state index in [2.05, 4.69) is 27.3 Å². The average molecular weight is 377 g/mol. The molecule has 0 radical (unpaired) electrons. The van der Waals surface area contributed by atoms with Gasteiger partial charge in [-0.3, -0.25) is 0 Å². The first-order valence-corrected chi connectivity index (χ1v) is 8.43. The van der Waals surface area contributed by atoms with Gasteiger partial charge in [0.05, 0.1) is 11.7 Å². The second-order valence-electron chi connectivity index (χ2n) is 5.82. The molecular formula is C18H18BrFN2O. The number of carbonyl (C=O) groups excluding carboxylic acids is 1. The van der Waals surface area contributed by atoms with E-state index < -0.39 is 5.82 Å². The molecule has 3 rings (SSSR count). The van der Waals surface area contributed by atoms with Crippen molar-refractivity contribution in [2.24, 2.45) is 0 Å². The van der Waals surface area contributed by atoms with Crippen LogP contribution in [-0.2, 0) is 0 Å². The molecule has 0 aromatic heterocycles. The maximum Gasteiger partial charge on any atom is 0.322 e. The van der Waals surface area contributed by atoms with Gasteiger partial charge in [0.2, 0.25) is 0 Å². The van der Waals surface area contributed by atoms with Crippen LogP contribution in [0.25, 0.3) is 0 Å². The van der Waals surface area contributed by atoms with Crippen LogP contribution in [0.3, 0.4) is 0 Å². The minimum absolute atomic E-state index is 0.0495. The third-order valence-electron chi connectivity index (χ3n) is 4.11. The summed E-state index contributed by atoms with van der Waals surface area (Å²) < 4.78 is 14.6. The Hall–Kier alpha value is -1.88. The van der Waals surface area contributed by atoms with E-state index >= 15 is 0 Å². The molecule has 0 aliphatic carbocycles. The van der Waals surface area contributed by atoms with Gasteiger partial charge in [-0.25, -0.2) is 9.18 Å². The molecule has 5 heteroatoms. The van der Waals surface area contributed by atoms with Crippen LogP contribution in [0.15, 0.2) is 46.9 Å². The SMILES string of the molecule is Cc1cccc([C@@H]2CCCN2C(=O)Nc2ccc(Br)cc2F)c1. The summed E-state index contributed by atoms with van der Waals surface area (Å²) in [5.41, 5.74) is 2.51. The lowest BCUT2D eigenvalue weighted by atomic mass is 10.0. The fourth-order valence-electron chi connectivity index (χ4n) is 3.01. The zero-order valence-corrected chi connectivity index (χ0v) is 14.4. The fourth-order valence-corrected chi connectivity index (χ4v) is 3.34. The van der Waals surface area contributed by atoms with E-state index in [4.69, 9.17) is 0 Å². The Morgan fingerprint density at radius 3 is 2.87 bits per heavy atom. The molecule has 0 bridgehead atoms. The largest absolute Gasteiger partial charge is 0.322 e. The molecule has 23 heavy (non-hydrogen) atoms. The van der Waals surface area contributed by atoms with Crippen molar-refractivity contribution in [3.63, 3.8) is 0 Å². The molecule has 1 N–H and O–H groups in total. The Morgan fingerprint density at radius 1 is 1.30 bits per heavy atom. The van der Waals surface area contributed by atoms with Crippen LogP contribution in [0.1, 0.15) is 30.0 Å². The predicted molar refractivity (Wildman–Crippen MR) is 93.0 cm³/mol. The number of nitrogens with one attached hydrogen (secondary N) is 1. The number of carbonyl (C=O) groups is 1. The topological polar surface area (TPSA) is 32.3 Å². The normalized spacial score (nSPS) is 17.3. The van der Waals surface area contributed by atoms with Crippen LogP contribution in [0, 0.1) is 12.7 Å². The van der Waals surface area contributed by atoms with Crippen LogP contribution in [0.4, 0.5) is 14.9 Å². The van der Waals surface area contributed by atoms with Gasteiger partial charge >= 0.3 is 6.03 Å². The van der Waals surface area contributed by atoms with E-state index in [0.717, 1.165) is 18.4 Å². The molecular weight excluding hydrogens is 359 g/mol. The van der Waals surface area contributed by atoms with Crippen LogP contribution < -0.4 is 5.32 Å². The quantitative estimate of drug-likeness (QED) is 0.760. The van der Waals surface area contributed by atoms with Crippen molar-refractivity contribution < 1.29 is 9.18 Å². The second-order valence-corrected chi connectivity index (χ2v) is 6.74. The van der Waals surface area contributed by atoms with E-state index in [1.807, 2.05) is 25.1 Å². The first-order chi connectivity index (χ1) is 11.0. The van der Waals surface area contributed by atoms with E-state index in [1.165, 1.54) is 11.6 Å². The Morgan fingerprint density at radius 2 is 2.13 bits per heavy atom. The van der Waals surface area contributed by atoms with Crippen LogP contribution in [0.5, 0.6) is 0 Å². The minimum atomic E-state index is -0.445. The number of hydrogen-bond acceptors (Lipinski definition) is 1. The number of anilines is 1. The highest BCUT2D eigenvalue weighted by Crippen LogP contribution is 2.33. The molecule has 0 unspecified atom stereocenters. The first-order valence-electron chi connectivity index (χ1n) is 7.64. The third-order valence-corrected chi connectivity index (χ3v) is 4.61. The summed E-state index contributed by atoms with van der Waals surface area (Å²) in [4.78, 5) is 14.3. The zero-order valence-electron chi connectivity index (χ0n) is 12.9. The Balaban J connectivity index is 1.78. The molecule has 1 heterocycles. The van der Waals surface area contributed by atoms with Gasteiger partial charge in [0, 0.05) is 11.0 Å². The molecule has 2 aromatic carbocycles. The zero-order chi connectivity index (χ0) is 16.4. The molecule has 0 spiro atoms. The lowest BCUT2D eigenvalue weighted by Crippen LogP contribution is -2.34. The van der Waals surface area contributed by atoms with Gasteiger partial charge in [0.1, 0.15) is 5.82 Å². The van der Waals surface area contributed by atoms with E-state index in [1.54, 1.807) is 17.0 Å². The highest BCUT2D eigenvalue weighted by atomic mass is 79.9. The third kappa shape index (κ3) is 3.55. The number of likely N-dealkylation sites (tertiary alicyclic amines) is 1. The van der Waals surface area contributed by atoms with Gasteiger partial charge in [-0.1, -0.05) is 45.8 Å². The summed E-state index contributed by atoms with van der Waals surface area (Å²) in [6.07, 6.45) is 1.88. The molecule has 2 amide bonds. The van der Waals surface area contributed by atoms with Crippen molar-refractivity contribution in [3.8, 4) is 0 Å². The van der Waals surface area contributed by atoms with Crippen LogP contribution >= 0.6 is 15.9 Å². The van der Waals surface area contributed by atoms with Gasteiger partial charge in [-0.05, 0) is 43.5 Å². The van der Waals surface area contributed by atoms with Gasteiger partial charge in [0.25, 0.3) is 0 Å². The molecule has 120 valence electrons. The minimum Gasteiger partial charge on any atom is -0.317 e. The first kappa shape index (κ1) is 16.0. The Kier molecular flexibility index (Phi) is 4.66. The summed E-state index contributed by atoms with van der Waals surface area (Å²) in [7, 11) is 0. The highest BCUT2D eigenvalue weighted by molar-refractivity contribution is 9.10. The standard InChI is InChI=1S/C18H18BrFN2O/c1-12-4-2-5-13(10-12)17-6-3-9-22(17)18(23)21-16-8-7-14(19)11-15(16)20/h2,4-5,7-8,10-11,17H,3,6,9H2,1H3,(H,21,23)/t17-/m0/s1. The Bertz CT molecular complexity index is 735. The molecule has 1 saturated heterocycles. The summed E-state index contributed by atoms with van der Waals surface area (Å²) in [5.74, 6) is -0.445. The lowest BCUT2D eigenvalue weighted by Gasteiger charge is -2.25. The summed E-state index contributed by atoms with van der Waals surface area (Å²) in [6.45, 7) is 2.72. The smallest absolute Gasteiger partial charge is 0.317 e. The number of urea groups is 1. The average Bonchev–Trinajstić information content (AvgIpc) is 2.99. The molecule has 1 aliphatic rings. The summed E-state index contributed by atoms with van der Waals surface area (Å²) in [5, 5.41) is 2.68.